The van der Waals surface area contributed by atoms with Crippen LogP contribution in [-0.2, 0) is 17.6 Å². The highest BCUT2D eigenvalue weighted by Crippen LogP contribution is 2.11. The number of nitroso groups, excluding NO2 is 1. The third-order valence-corrected chi connectivity index (χ3v) is 2.62. The van der Waals surface area contributed by atoms with Crippen molar-refractivity contribution in [1.29, 1.82) is 0 Å². The molecule has 1 aromatic carbocycles. The van der Waals surface area contributed by atoms with Crippen LogP contribution in [0.1, 0.15) is 37.8 Å². The number of carbonyl (C=O) groups is 1. The monoisotopic (exact) mass is 233 g/mol. The molecule has 0 radical (unpaired) electrons. The summed E-state index contributed by atoms with van der Waals surface area (Å²) in [5.74, 6) is 0.110. The van der Waals surface area contributed by atoms with E-state index >= 15 is 0 Å². The van der Waals surface area contributed by atoms with Gasteiger partial charge in [-0.05, 0) is 36.3 Å². The van der Waals surface area contributed by atoms with Crippen molar-refractivity contribution < 1.29 is 4.79 Å². The average Bonchev–Trinajstić information content (AvgIpc) is 2.30. The van der Waals surface area contributed by atoms with Crippen molar-refractivity contribution in [1.82, 2.24) is 0 Å². The first kappa shape index (κ1) is 13.6. The molecule has 0 atom stereocenters. The van der Waals surface area contributed by atoms with Crippen molar-refractivity contribution in [3.05, 3.63) is 40.3 Å². The SMILES string of the molecule is CC(C)Cc1ccc(CCCC(=O)N=O)cc1. The Morgan fingerprint density at radius 1 is 1.18 bits per heavy atom. The van der Waals surface area contributed by atoms with E-state index in [0.717, 1.165) is 12.8 Å². The molecule has 1 rings (SSSR count). The molecule has 0 saturated carbocycles. The van der Waals surface area contributed by atoms with Crippen molar-refractivity contribution in [2.75, 3.05) is 0 Å². The fraction of sp³-hybridized carbons (Fsp3) is 0.500. The predicted molar refractivity (Wildman–Crippen MR) is 68.7 cm³/mol. The van der Waals surface area contributed by atoms with Crippen molar-refractivity contribution in [3.8, 4) is 0 Å². The zero-order chi connectivity index (χ0) is 12.7. The standard InChI is InChI=1S/C14H19NO2/c1-11(2)10-13-8-6-12(7-9-13)4-3-5-14(16)15-17/h6-9,11H,3-5,10H2,1-2H3. The van der Waals surface area contributed by atoms with E-state index in [2.05, 4.69) is 43.3 Å². The highest BCUT2D eigenvalue weighted by atomic mass is 16.3. The van der Waals surface area contributed by atoms with E-state index in [9.17, 15) is 9.70 Å². The average molecular weight is 233 g/mol. The molecule has 0 aliphatic heterocycles. The lowest BCUT2D eigenvalue weighted by Gasteiger charge is -2.06. The zero-order valence-corrected chi connectivity index (χ0v) is 10.5. The minimum atomic E-state index is -0.554. The largest absolute Gasteiger partial charge is 0.286 e. The summed E-state index contributed by atoms with van der Waals surface area (Å²) in [6.07, 6.45) is 2.85. The molecule has 1 amide bonds. The number of hydrogen-bond donors (Lipinski definition) is 0. The van der Waals surface area contributed by atoms with Crippen LogP contribution in [-0.4, -0.2) is 5.91 Å². The number of rotatable bonds is 6. The molecule has 0 unspecified atom stereocenters. The Bertz CT molecular complexity index is 368. The van der Waals surface area contributed by atoms with Gasteiger partial charge in [0.25, 0.3) is 5.91 Å². The van der Waals surface area contributed by atoms with Gasteiger partial charge in [0.15, 0.2) is 0 Å². The first-order chi connectivity index (χ1) is 8.11. The first-order valence-electron chi connectivity index (χ1n) is 6.06. The molecule has 3 nitrogen and oxygen atoms in total. The molecule has 0 bridgehead atoms. The van der Waals surface area contributed by atoms with Gasteiger partial charge < -0.3 is 0 Å². The summed E-state index contributed by atoms with van der Waals surface area (Å²) in [4.78, 5) is 20.6. The Hall–Kier alpha value is -1.51. The van der Waals surface area contributed by atoms with Gasteiger partial charge in [-0.3, -0.25) is 4.79 Å². The number of benzene rings is 1. The smallest absolute Gasteiger partial charge is 0.269 e. The van der Waals surface area contributed by atoms with Gasteiger partial charge in [0.2, 0.25) is 0 Å². The quantitative estimate of drug-likeness (QED) is 0.706. The topological polar surface area (TPSA) is 46.5 Å². The number of amides is 1. The summed E-state index contributed by atoms with van der Waals surface area (Å²) in [6, 6.07) is 8.46. The summed E-state index contributed by atoms with van der Waals surface area (Å²) < 4.78 is 0. The third-order valence-electron chi connectivity index (χ3n) is 2.62. The Labute approximate surface area is 102 Å². The lowest BCUT2D eigenvalue weighted by molar-refractivity contribution is -0.118. The van der Waals surface area contributed by atoms with Crippen molar-refractivity contribution in [2.45, 2.75) is 39.5 Å². The van der Waals surface area contributed by atoms with Crippen LogP contribution in [0.3, 0.4) is 0 Å². The molecule has 17 heavy (non-hydrogen) atoms. The van der Waals surface area contributed by atoms with Crippen LogP contribution >= 0.6 is 0 Å². The molecule has 92 valence electrons. The van der Waals surface area contributed by atoms with Gasteiger partial charge in [-0.1, -0.05) is 38.1 Å². The van der Waals surface area contributed by atoms with E-state index in [4.69, 9.17) is 0 Å². The normalized spacial score (nSPS) is 10.5. The minimum Gasteiger partial charge on any atom is -0.269 e. The van der Waals surface area contributed by atoms with Crippen LogP contribution in [0.25, 0.3) is 0 Å². The van der Waals surface area contributed by atoms with Crippen LogP contribution in [0.4, 0.5) is 0 Å². The number of hydrogen-bond acceptors (Lipinski definition) is 2. The van der Waals surface area contributed by atoms with Crippen molar-refractivity contribution in [3.63, 3.8) is 0 Å². The summed E-state index contributed by atoms with van der Waals surface area (Å²) in [6.45, 7) is 4.40. The van der Waals surface area contributed by atoms with E-state index in [1.54, 1.807) is 0 Å². The van der Waals surface area contributed by atoms with E-state index in [1.165, 1.54) is 11.1 Å². The second-order valence-corrected chi connectivity index (χ2v) is 4.75. The number of carbonyl (C=O) groups excluding carboxylic acids is 1. The maximum absolute atomic E-state index is 10.7. The Balaban J connectivity index is 2.40. The van der Waals surface area contributed by atoms with Crippen LogP contribution in [0.2, 0.25) is 0 Å². The van der Waals surface area contributed by atoms with Gasteiger partial charge in [0.1, 0.15) is 0 Å². The second-order valence-electron chi connectivity index (χ2n) is 4.75. The molecule has 0 spiro atoms. The van der Waals surface area contributed by atoms with Crippen molar-refractivity contribution in [2.24, 2.45) is 11.1 Å². The fourth-order valence-electron chi connectivity index (χ4n) is 1.80. The van der Waals surface area contributed by atoms with Gasteiger partial charge in [-0.25, -0.2) is 0 Å². The highest BCUT2D eigenvalue weighted by Gasteiger charge is 2.02. The van der Waals surface area contributed by atoms with E-state index in [-0.39, 0.29) is 6.42 Å². The molecule has 0 fully saturated rings. The van der Waals surface area contributed by atoms with E-state index in [1.807, 2.05) is 0 Å². The van der Waals surface area contributed by atoms with E-state index < -0.39 is 5.91 Å². The van der Waals surface area contributed by atoms with Crippen LogP contribution < -0.4 is 0 Å². The summed E-state index contributed by atoms with van der Waals surface area (Å²) >= 11 is 0. The van der Waals surface area contributed by atoms with Gasteiger partial charge in [0.05, 0.1) is 0 Å². The summed E-state index contributed by atoms with van der Waals surface area (Å²) in [7, 11) is 0. The molecule has 0 aliphatic rings. The Morgan fingerprint density at radius 3 is 2.29 bits per heavy atom. The maximum atomic E-state index is 10.7. The molecule has 0 saturated heterocycles. The molecule has 0 aliphatic carbocycles. The Kier molecular flexibility index (Phi) is 5.53. The molecule has 0 aromatic heterocycles. The Morgan fingerprint density at radius 2 is 1.76 bits per heavy atom. The van der Waals surface area contributed by atoms with Crippen LogP contribution in [0.5, 0.6) is 0 Å². The number of aryl methyl sites for hydroxylation is 1. The van der Waals surface area contributed by atoms with Gasteiger partial charge >= 0.3 is 0 Å². The first-order valence-corrected chi connectivity index (χ1v) is 6.06. The van der Waals surface area contributed by atoms with E-state index in [0.29, 0.717) is 12.3 Å². The summed E-state index contributed by atoms with van der Waals surface area (Å²) in [5, 5.41) is 2.38. The van der Waals surface area contributed by atoms with Gasteiger partial charge in [-0.15, -0.1) is 4.91 Å². The highest BCUT2D eigenvalue weighted by molar-refractivity contribution is 5.76. The molecular formula is C14H19NO2. The lowest BCUT2D eigenvalue weighted by Crippen LogP contribution is -1.96. The molecule has 0 heterocycles. The molecular weight excluding hydrogens is 214 g/mol. The van der Waals surface area contributed by atoms with Crippen molar-refractivity contribution >= 4 is 5.91 Å². The molecule has 0 N–H and O–H groups in total. The second kappa shape index (κ2) is 6.94. The third kappa shape index (κ3) is 5.38. The molecule has 1 aromatic rings. The fourth-order valence-corrected chi connectivity index (χ4v) is 1.80. The molecule has 3 heteroatoms. The summed E-state index contributed by atoms with van der Waals surface area (Å²) in [5.41, 5.74) is 2.55. The zero-order valence-electron chi connectivity index (χ0n) is 10.5. The van der Waals surface area contributed by atoms with Crippen LogP contribution in [0, 0.1) is 10.8 Å². The predicted octanol–water partition coefficient (Wildman–Crippen LogP) is 3.50. The number of nitrogens with zero attached hydrogens (tertiary/aromatic N) is 1. The minimum absolute atomic E-state index is 0.247. The van der Waals surface area contributed by atoms with Gasteiger partial charge in [0, 0.05) is 11.6 Å². The van der Waals surface area contributed by atoms with Crippen LogP contribution in [0.15, 0.2) is 29.4 Å². The van der Waals surface area contributed by atoms with Gasteiger partial charge in [-0.2, -0.15) is 0 Å². The lowest BCUT2D eigenvalue weighted by atomic mass is 10.00. The maximum Gasteiger partial charge on any atom is 0.286 e.